The van der Waals surface area contributed by atoms with Gasteiger partial charge in [-0.1, -0.05) is 353 Å². The third-order valence-electron chi connectivity index (χ3n) is 19.0. The lowest BCUT2D eigenvalue weighted by molar-refractivity contribution is 0.515. The molecular weight excluding hydrogens is 1140 g/mol. The molecule has 0 saturated carbocycles. The summed E-state index contributed by atoms with van der Waals surface area (Å²) >= 11 is 0. The first kappa shape index (κ1) is 81.3. The van der Waals surface area contributed by atoms with Crippen molar-refractivity contribution in [1.82, 2.24) is 29.9 Å². The molecule has 522 valence electrons. The quantitative estimate of drug-likeness (QED) is 0.0354. The first-order valence-corrected chi connectivity index (χ1v) is 39.8. The first-order valence-electron chi connectivity index (χ1n) is 39.8. The van der Waals surface area contributed by atoms with Crippen LogP contribution in [0.5, 0.6) is 0 Å². The van der Waals surface area contributed by atoms with Gasteiger partial charge in [0.05, 0.1) is 0 Å². The van der Waals surface area contributed by atoms with Crippen LogP contribution >= 0.6 is 0 Å². The van der Waals surface area contributed by atoms with Crippen LogP contribution in [-0.4, -0.2) is 29.9 Å². The second kappa shape index (κ2) is 55.0. The molecule has 94 heavy (non-hydrogen) atoms. The zero-order valence-electron chi connectivity index (χ0n) is 62.3. The highest BCUT2D eigenvalue weighted by Gasteiger charge is 2.08. The fourth-order valence-corrected chi connectivity index (χ4v) is 12.6. The van der Waals surface area contributed by atoms with Crippen molar-refractivity contribution in [2.75, 3.05) is 0 Å². The standard InChI is InChI=1S/C30H48N2.2C29H46N2/c1-4-5-6-7-8-9-12-16-19-28-24-31-30(32-25-28)29-22-20-27(21-23-29)18-15-13-10-11-14-17-26(2)3;1-4-5-6-7-8-11-15-18-27-23-30-29(31-24-27)28-21-19-26(20-22-28)17-14-12-9-10-13-16-25(2)3;1-4-5-6-7-8-11-14-17-26-19-21-28(22-20-26)29-30-23-27(24-31-29)18-15-12-9-10-13-16-25(2)3/h20-26H,4-19H2,1-3H3;2*19-25H,4-18H2,1-3H3. The number of nitrogens with zero attached hydrogens (tertiary/aromatic N) is 6. The van der Waals surface area contributed by atoms with Crippen LogP contribution in [-0.2, 0) is 38.5 Å². The SMILES string of the molecule is CCCCCCCCCCc1cnc(-c2ccc(CCCCCCCC(C)C)cc2)nc1.CCCCCCCCCc1ccc(-c2ncc(CCCCCCCC(C)C)cn2)cc1.CCCCCCCCCc1cnc(-c2ccc(CCCCCCCC(C)C)cc2)nc1. The van der Waals surface area contributed by atoms with Crippen LogP contribution in [0.1, 0.15) is 353 Å². The summed E-state index contributed by atoms with van der Waals surface area (Å²) < 4.78 is 0. The van der Waals surface area contributed by atoms with Crippen LogP contribution in [0.4, 0.5) is 0 Å². The molecule has 0 spiro atoms. The smallest absolute Gasteiger partial charge is 0.159 e. The fourth-order valence-electron chi connectivity index (χ4n) is 12.6. The number of rotatable bonds is 52. The van der Waals surface area contributed by atoms with Crippen molar-refractivity contribution in [2.45, 2.75) is 358 Å². The Morgan fingerprint density at radius 1 is 0.202 bits per heavy atom. The Kier molecular flexibility index (Phi) is 47.6. The third kappa shape index (κ3) is 41.1. The highest BCUT2D eigenvalue weighted by atomic mass is 14.9. The van der Waals surface area contributed by atoms with Crippen molar-refractivity contribution in [2.24, 2.45) is 17.8 Å². The molecule has 0 aliphatic heterocycles. The number of benzene rings is 3. The van der Waals surface area contributed by atoms with Gasteiger partial charge in [0.25, 0.3) is 0 Å². The highest BCUT2D eigenvalue weighted by Crippen LogP contribution is 2.23. The summed E-state index contributed by atoms with van der Waals surface area (Å²) in [5.74, 6) is 5.09. The summed E-state index contributed by atoms with van der Waals surface area (Å²) in [6.07, 6.45) is 73.3. The summed E-state index contributed by atoms with van der Waals surface area (Å²) in [5, 5.41) is 0. The average molecular weight is 1280 g/mol. The van der Waals surface area contributed by atoms with Gasteiger partial charge in [-0.25, -0.2) is 29.9 Å². The van der Waals surface area contributed by atoms with E-state index < -0.39 is 0 Å². The molecule has 0 fully saturated rings. The van der Waals surface area contributed by atoms with Crippen LogP contribution < -0.4 is 0 Å². The molecule has 0 aliphatic carbocycles. The second-order valence-corrected chi connectivity index (χ2v) is 29.4. The van der Waals surface area contributed by atoms with Gasteiger partial charge < -0.3 is 0 Å². The Hall–Kier alpha value is -5.10. The van der Waals surface area contributed by atoms with E-state index in [1.807, 2.05) is 37.2 Å². The molecule has 3 aromatic heterocycles. The number of aromatic nitrogens is 6. The van der Waals surface area contributed by atoms with Crippen molar-refractivity contribution < 1.29 is 0 Å². The molecule has 0 amide bonds. The van der Waals surface area contributed by atoms with Gasteiger partial charge >= 0.3 is 0 Å². The van der Waals surface area contributed by atoms with Gasteiger partial charge in [0.1, 0.15) is 0 Å². The van der Waals surface area contributed by atoms with Crippen molar-refractivity contribution >= 4 is 0 Å². The Morgan fingerprint density at radius 2 is 0.372 bits per heavy atom. The normalized spacial score (nSPS) is 11.4. The molecule has 0 aliphatic rings. The van der Waals surface area contributed by atoms with E-state index >= 15 is 0 Å². The lowest BCUT2D eigenvalue weighted by Crippen LogP contribution is -1.94. The molecule has 6 aromatic rings. The Bertz CT molecular complexity index is 2500. The molecule has 6 heteroatoms. The summed E-state index contributed by atoms with van der Waals surface area (Å²) in [7, 11) is 0. The van der Waals surface area contributed by atoms with Crippen molar-refractivity contribution in [1.29, 1.82) is 0 Å². The van der Waals surface area contributed by atoms with Crippen molar-refractivity contribution in [3.05, 3.63) is 143 Å². The molecule has 0 N–H and O–H groups in total. The van der Waals surface area contributed by atoms with Gasteiger partial charge in [0.15, 0.2) is 17.5 Å². The third-order valence-corrected chi connectivity index (χ3v) is 19.0. The lowest BCUT2D eigenvalue weighted by Gasteiger charge is -2.06. The topological polar surface area (TPSA) is 77.3 Å². The van der Waals surface area contributed by atoms with Crippen molar-refractivity contribution in [3.63, 3.8) is 0 Å². The minimum Gasteiger partial charge on any atom is -0.236 e. The predicted octanol–water partition coefficient (Wildman–Crippen LogP) is 27.3. The van der Waals surface area contributed by atoms with E-state index in [1.54, 1.807) is 0 Å². The van der Waals surface area contributed by atoms with Gasteiger partial charge in [-0.3, -0.25) is 0 Å². The minimum atomic E-state index is 0.844. The molecule has 0 bridgehead atoms. The average Bonchev–Trinajstić information content (AvgIpc) is 1.10. The number of hydrogen-bond donors (Lipinski definition) is 0. The fraction of sp³-hybridized carbons (Fsp3) is 0.659. The largest absolute Gasteiger partial charge is 0.236 e. The first-order chi connectivity index (χ1) is 46.1. The molecular formula is C88H140N6. The van der Waals surface area contributed by atoms with E-state index in [9.17, 15) is 0 Å². The van der Waals surface area contributed by atoms with Crippen LogP contribution in [0.25, 0.3) is 34.2 Å². The summed E-state index contributed by atoms with van der Waals surface area (Å²) in [6, 6.07) is 26.6. The molecule has 0 unspecified atom stereocenters. The lowest BCUT2D eigenvalue weighted by atomic mass is 10.0. The van der Waals surface area contributed by atoms with E-state index in [0.29, 0.717) is 0 Å². The maximum Gasteiger partial charge on any atom is 0.159 e. The number of hydrogen-bond acceptors (Lipinski definition) is 6. The Morgan fingerprint density at radius 3 is 0.564 bits per heavy atom. The van der Waals surface area contributed by atoms with Crippen LogP contribution in [0, 0.1) is 17.8 Å². The maximum atomic E-state index is 4.63. The van der Waals surface area contributed by atoms with Crippen LogP contribution in [0.3, 0.4) is 0 Å². The zero-order valence-corrected chi connectivity index (χ0v) is 62.3. The Balaban J connectivity index is 0.000000300. The molecule has 3 heterocycles. The summed E-state index contributed by atoms with van der Waals surface area (Å²) in [6.45, 7) is 20.7. The number of unbranched alkanes of at least 4 members (excludes halogenated alkanes) is 31. The van der Waals surface area contributed by atoms with E-state index in [1.165, 1.54) is 309 Å². The van der Waals surface area contributed by atoms with Gasteiger partial charge in [-0.05, 0) is 128 Å². The van der Waals surface area contributed by atoms with E-state index in [4.69, 9.17) is 0 Å². The van der Waals surface area contributed by atoms with E-state index in [2.05, 4.69) is 165 Å². The van der Waals surface area contributed by atoms with Crippen molar-refractivity contribution in [3.8, 4) is 34.2 Å². The van der Waals surface area contributed by atoms with Gasteiger partial charge in [0, 0.05) is 53.9 Å². The van der Waals surface area contributed by atoms with E-state index in [0.717, 1.165) is 71.2 Å². The molecule has 0 saturated heterocycles. The zero-order chi connectivity index (χ0) is 67.2. The maximum absolute atomic E-state index is 4.63. The monoisotopic (exact) mass is 1280 g/mol. The number of aryl methyl sites for hydroxylation is 6. The molecule has 6 nitrogen and oxygen atoms in total. The molecule has 6 rings (SSSR count). The second-order valence-electron chi connectivity index (χ2n) is 29.4. The van der Waals surface area contributed by atoms with Gasteiger partial charge in [-0.2, -0.15) is 0 Å². The minimum absolute atomic E-state index is 0.844. The Labute approximate surface area is 579 Å². The highest BCUT2D eigenvalue weighted by molar-refractivity contribution is 5.57. The van der Waals surface area contributed by atoms with Gasteiger partial charge in [0.2, 0.25) is 0 Å². The van der Waals surface area contributed by atoms with Crippen LogP contribution in [0.2, 0.25) is 0 Å². The summed E-state index contributed by atoms with van der Waals surface area (Å²) in [4.78, 5) is 27.8. The molecule has 0 atom stereocenters. The molecule has 0 radical (unpaired) electrons. The van der Waals surface area contributed by atoms with E-state index in [-0.39, 0.29) is 0 Å². The van der Waals surface area contributed by atoms with Crippen LogP contribution in [0.15, 0.2) is 110 Å². The predicted molar refractivity (Wildman–Crippen MR) is 411 cm³/mol. The molecule has 3 aromatic carbocycles. The summed E-state index contributed by atoms with van der Waals surface area (Å²) in [5.41, 5.74) is 11.5. The van der Waals surface area contributed by atoms with Gasteiger partial charge in [-0.15, -0.1) is 0 Å².